The first-order valence-corrected chi connectivity index (χ1v) is 13.0. The molecule has 0 fully saturated rings. The molecule has 1 aliphatic rings. The van der Waals surface area contributed by atoms with Crippen molar-refractivity contribution in [1.82, 2.24) is 0 Å². The van der Waals surface area contributed by atoms with Gasteiger partial charge in [-0.15, -0.1) is 0 Å². The highest BCUT2D eigenvalue weighted by atomic mass is 31.2. The Kier molecular flexibility index (Phi) is 6.72. The molecule has 0 aromatic heterocycles. The van der Waals surface area contributed by atoms with E-state index in [9.17, 15) is 0 Å². The predicted molar refractivity (Wildman–Crippen MR) is 134 cm³/mol. The van der Waals surface area contributed by atoms with Gasteiger partial charge in [0.2, 0.25) is 0 Å². The Morgan fingerprint density at radius 3 is 1.73 bits per heavy atom. The molecule has 0 N–H and O–H groups in total. The molecule has 154 valence electrons. The summed E-state index contributed by atoms with van der Waals surface area (Å²) in [4.78, 5) is 0. The number of hydrogen-bond donors (Lipinski definition) is 0. The molecule has 0 unspecified atom stereocenters. The summed E-state index contributed by atoms with van der Waals surface area (Å²) in [7, 11) is 2.93. The minimum Gasteiger partial charge on any atom is -0.441 e. The molecule has 0 saturated carbocycles. The summed E-state index contributed by atoms with van der Waals surface area (Å²) in [5.41, 5.74) is 2.47. The molecule has 0 spiro atoms. The van der Waals surface area contributed by atoms with Crippen molar-refractivity contribution in [3.63, 3.8) is 0 Å². The van der Waals surface area contributed by atoms with Crippen LogP contribution >= 0.6 is 16.4 Å². The first-order chi connectivity index (χ1) is 14.7. The third-order valence-electron chi connectivity index (χ3n) is 5.28. The van der Waals surface area contributed by atoms with Crippen LogP contribution in [0.3, 0.4) is 0 Å². The molecule has 0 bridgehead atoms. The number of para-hydroxylation sites is 2. The number of fused-ring (bicyclic) bond motifs is 1. The third kappa shape index (κ3) is 4.38. The largest absolute Gasteiger partial charge is 0.441 e. The number of nitrogens with zero attached hydrogens (tertiary/aromatic N) is 2. The zero-order valence-electron chi connectivity index (χ0n) is 17.8. The highest BCUT2D eigenvalue weighted by Crippen LogP contribution is 2.59. The average molecular weight is 434 g/mol. The normalized spacial score (nSPS) is 14.3. The summed E-state index contributed by atoms with van der Waals surface area (Å²) in [5, 5.41) is 2.80. The Hall–Kier alpha value is -2.34. The van der Waals surface area contributed by atoms with Gasteiger partial charge < -0.3 is 13.9 Å². The minimum absolute atomic E-state index is 0.452. The van der Waals surface area contributed by atoms with Crippen LogP contribution in [0.5, 0.6) is 0 Å². The van der Waals surface area contributed by atoms with E-state index in [2.05, 4.69) is 121 Å². The zero-order chi connectivity index (χ0) is 20.9. The maximum Gasteiger partial charge on any atom is 0.309 e. The van der Waals surface area contributed by atoms with Crippen molar-refractivity contribution >= 4 is 38.4 Å². The highest BCUT2D eigenvalue weighted by molar-refractivity contribution is 7.73. The van der Waals surface area contributed by atoms with Crippen LogP contribution < -0.4 is 19.9 Å². The van der Waals surface area contributed by atoms with Crippen molar-refractivity contribution in [2.75, 3.05) is 29.6 Å². The third-order valence-corrected chi connectivity index (χ3v) is 9.52. The van der Waals surface area contributed by atoms with Crippen LogP contribution in [-0.2, 0) is 4.52 Å². The summed E-state index contributed by atoms with van der Waals surface area (Å²) in [5.74, 6) is 1.08. The Morgan fingerprint density at radius 2 is 1.27 bits per heavy atom. The lowest BCUT2D eigenvalue weighted by molar-refractivity contribution is 0.449. The summed E-state index contributed by atoms with van der Waals surface area (Å²) in [6.07, 6.45) is 4.19. The maximum absolute atomic E-state index is 6.58. The molecule has 4 rings (SSSR count). The lowest BCUT2D eigenvalue weighted by Crippen LogP contribution is -2.16. The van der Waals surface area contributed by atoms with E-state index in [1.165, 1.54) is 22.0 Å². The van der Waals surface area contributed by atoms with Crippen LogP contribution in [0.25, 0.3) is 0 Å². The first kappa shape index (κ1) is 20.9. The lowest BCUT2D eigenvalue weighted by atomic mass is 10.3. The van der Waals surface area contributed by atoms with Gasteiger partial charge in [-0.05, 0) is 42.9 Å². The van der Waals surface area contributed by atoms with E-state index in [-0.39, 0.29) is 0 Å². The monoisotopic (exact) mass is 434 g/mol. The molecule has 0 amide bonds. The quantitative estimate of drug-likeness (QED) is 0.323. The fraction of sp³-hybridized carbons (Fsp3) is 0.200. The van der Waals surface area contributed by atoms with Crippen LogP contribution in [-0.4, -0.2) is 20.3 Å². The summed E-state index contributed by atoms with van der Waals surface area (Å²) < 4.78 is 11.1. The number of allylic oxidation sites excluding steroid dienone is 2. The van der Waals surface area contributed by atoms with E-state index in [1.54, 1.807) is 0 Å². The SMILES string of the molecule is CC/C(=C\CP(c1ccccc1)c1ccccc1)OP1N(C)c2ccccc2N1C. The van der Waals surface area contributed by atoms with E-state index in [0.717, 1.165) is 18.3 Å². The van der Waals surface area contributed by atoms with Crippen LogP contribution in [0.4, 0.5) is 11.4 Å². The molecule has 3 aromatic carbocycles. The van der Waals surface area contributed by atoms with Crippen molar-refractivity contribution in [2.45, 2.75) is 13.3 Å². The van der Waals surface area contributed by atoms with Gasteiger partial charge in [0.25, 0.3) is 0 Å². The van der Waals surface area contributed by atoms with Crippen molar-refractivity contribution in [1.29, 1.82) is 0 Å². The van der Waals surface area contributed by atoms with E-state index < -0.39 is 16.4 Å². The highest BCUT2D eigenvalue weighted by Gasteiger charge is 2.34. The molecule has 0 atom stereocenters. The van der Waals surface area contributed by atoms with E-state index in [1.807, 2.05) is 0 Å². The van der Waals surface area contributed by atoms with Crippen LogP contribution in [0, 0.1) is 0 Å². The summed E-state index contributed by atoms with van der Waals surface area (Å²) in [6.45, 7) is 2.18. The molecule has 5 heteroatoms. The zero-order valence-corrected chi connectivity index (χ0v) is 19.6. The molecular weight excluding hydrogens is 406 g/mol. The average Bonchev–Trinajstić information content (AvgIpc) is 3.04. The molecule has 1 heterocycles. The molecule has 3 nitrogen and oxygen atoms in total. The van der Waals surface area contributed by atoms with E-state index in [0.29, 0.717) is 0 Å². The Bertz CT molecular complexity index is 926. The molecule has 30 heavy (non-hydrogen) atoms. The fourth-order valence-corrected chi connectivity index (χ4v) is 7.58. The molecule has 3 aromatic rings. The second-order valence-corrected chi connectivity index (χ2v) is 11.3. The van der Waals surface area contributed by atoms with Crippen LogP contribution in [0.2, 0.25) is 0 Å². The number of benzene rings is 3. The minimum atomic E-state index is -0.873. The van der Waals surface area contributed by atoms with Crippen LogP contribution in [0.1, 0.15) is 13.3 Å². The molecule has 1 aliphatic heterocycles. The number of hydrogen-bond acceptors (Lipinski definition) is 3. The second kappa shape index (κ2) is 9.65. The van der Waals surface area contributed by atoms with Crippen molar-refractivity contribution in [2.24, 2.45) is 0 Å². The first-order valence-electron chi connectivity index (χ1n) is 10.3. The van der Waals surface area contributed by atoms with Gasteiger partial charge in [0, 0.05) is 20.5 Å². The van der Waals surface area contributed by atoms with Gasteiger partial charge in [-0.3, -0.25) is 0 Å². The predicted octanol–water partition coefficient (Wildman–Crippen LogP) is 6.24. The van der Waals surface area contributed by atoms with E-state index >= 15 is 0 Å². The molecule has 0 aliphatic carbocycles. The molecular formula is C25H28N2OP2. The van der Waals surface area contributed by atoms with E-state index in [4.69, 9.17) is 4.52 Å². The lowest BCUT2D eigenvalue weighted by Gasteiger charge is -2.27. The Morgan fingerprint density at radius 1 is 0.800 bits per heavy atom. The van der Waals surface area contributed by atoms with Gasteiger partial charge in [0.05, 0.1) is 11.4 Å². The molecule has 0 radical (unpaired) electrons. The number of anilines is 2. The Balaban J connectivity index is 1.55. The molecule has 0 saturated heterocycles. The Labute approximate surface area is 182 Å². The van der Waals surface area contributed by atoms with Gasteiger partial charge in [-0.25, -0.2) is 0 Å². The van der Waals surface area contributed by atoms with Gasteiger partial charge >= 0.3 is 8.45 Å². The number of rotatable bonds is 7. The van der Waals surface area contributed by atoms with Crippen molar-refractivity contribution in [3.05, 3.63) is 96.8 Å². The van der Waals surface area contributed by atoms with Gasteiger partial charge in [-0.1, -0.05) is 79.7 Å². The van der Waals surface area contributed by atoms with Gasteiger partial charge in [0.15, 0.2) is 0 Å². The van der Waals surface area contributed by atoms with Crippen LogP contribution in [0.15, 0.2) is 96.8 Å². The standard InChI is InChI=1S/C25H28N2OP2/c1-4-21(28-30-26(2)24-17-11-12-18-25(24)27(30)3)19-20-29(22-13-7-5-8-14-22)23-15-9-6-10-16-23/h5-19H,4,20H2,1-3H3/b21-19+. The van der Waals surface area contributed by atoms with Gasteiger partial charge in [0.1, 0.15) is 5.76 Å². The smallest absolute Gasteiger partial charge is 0.309 e. The summed E-state index contributed by atoms with van der Waals surface area (Å²) in [6, 6.07) is 30.2. The summed E-state index contributed by atoms with van der Waals surface area (Å²) >= 11 is 0. The van der Waals surface area contributed by atoms with Gasteiger partial charge in [-0.2, -0.15) is 0 Å². The van der Waals surface area contributed by atoms with Crippen molar-refractivity contribution < 1.29 is 4.52 Å². The second-order valence-electron chi connectivity index (χ2n) is 7.19. The topological polar surface area (TPSA) is 15.7 Å². The fourth-order valence-electron chi connectivity index (χ4n) is 3.64. The maximum atomic E-state index is 6.58. The van der Waals surface area contributed by atoms with Crippen molar-refractivity contribution in [3.8, 4) is 0 Å².